The lowest BCUT2D eigenvalue weighted by Gasteiger charge is -2.26. The molecule has 1 heterocycles. The predicted octanol–water partition coefficient (Wildman–Crippen LogP) is 0.980. The van der Waals surface area contributed by atoms with Gasteiger partial charge in [0, 0.05) is 12.1 Å². The SMILES string of the molecule is CC(O)C(=O)N1CC(O)CC1c1cc(F)ccc1F. The first kappa shape index (κ1) is 13.9. The highest BCUT2D eigenvalue weighted by atomic mass is 19.1. The summed E-state index contributed by atoms with van der Waals surface area (Å²) in [6.07, 6.45) is -1.93. The zero-order valence-electron chi connectivity index (χ0n) is 10.4. The molecular weight excluding hydrogens is 256 g/mol. The van der Waals surface area contributed by atoms with Crippen molar-refractivity contribution in [3.8, 4) is 0 Å². The second-order valence-corrected chi connectivity index (χ2v) is 4.74. The molecule has 0 saturated carbocycles. The summed E-state index contributed by atoms with van der Waals surface area (Å²) < 4.78 is 26.9. The van der Waals surface area contributed by atoms with Gasteiger partial charge in [0.1, 0.15) is 17.7 Å². The van der Waals surface area contributed by atoms with Crippen LogP contribution in [0.15, 0.2) is 18.2 Å². The molecule has 1 amide bonds. The number of carbonyl (C=O) groups is 1. The van der Waals surface area contributed by atoms with E-state index in [0.29, 0.717) is 0 Å². The third-order valence-electron chi connectivity index (χ3n) is 3.24. The van der Waals surface area contributed by atoms with Gasteiger partial charge in [-0.25, -0.2) is 8.78 Å². The minimum atomic E-state index is -1.25. The first-order valence-corrected chi connectivity index (χ1v) is 6.01. The van der Waals surface area contributed by atoms with Crippen LogP contribution in [-0.2, 0) is 4.79 Å². The highest BCUT2D eigenvalue weighted by Crippen LogP contribution is 2.34. The van der Waals surface area contributed by atoms with Gasteiger partial charge in [-0.2, -0.15) is 0 Å². The number of likely N-dealkylation sites (tertiary alicyclic amines) is 1. The molecule has 2 N–H and O–H groups in total. The smallest absolute Gasteiger partial charge is 0.251 e. The third kappa shape index (κ3) is 2.74. The summed E-state index contributed by atoms with van der Waals surface area (Å²) in [7, 11) is 0. The molecule has 2 rings (SSSR count). The van der Waals surface area contributed by atoms with E-state index in [0.717, 1.165) is 18.2 Å². The van der Waals surface area contributed by atoms with Crippen LogP contribution in [0.25, 0.3) is 0 Å². The minimum absolute atomic E-state index is 0.00432. The molecule has 1 aliphatic rings. The third-order valence-corrected chi connectivity index (χ3v) is 3.24. The second-order valence-electron chi connectivity index (χ2n) is 4.74. The summed E-state index contributed by atoms with van der Waals surface area (Å²) in [6.45, 7) is 1.30. The summed E-state index contributed by atoms with van der Waals surface area (Å²) in [5.74, 6) is -1.85. The fourth-order valence-corrected chi connectivity index (χ4v) is 2.36. The monoisotopic (exact) mass is 271 g/mol. The van der Waals surface area contributed by atoms with Crippen molar-refractivity contribution in [2.24, 2.45) is 0 Å². The molecule has 0 radical (unpaired) electrons. The van der Waals surface area contributed by atoms with E-state index in [-0.39, 0.29) is 18.5 Å². The van der Waals surface area contributed by atoms with Gasteiger partial charge in [-0.15, -0.1) is 0 Å². The number of hydrogen-bond acceptors (Lipinski definition) is 3. The van der Waals surface area contributed by atoms with Gasteiger partial charge in [-0.1, -0.05) is 0 Å². The highest BCUT2D eigenvalue weighted by molar-refractivity contribution is 5.81. The van der Waals surface area contributed by atoms with Crippen LogP contribution >= 0.6 is 0 Å². The van der Waals surface area contributed by atoms with Gasteiger partial charge in [0.25, 0.3) is 5.91 Å². The van der Waals surface area contributed by atoms with E-state index in [9.17, 15) is 23.8 Å². The lowest BCUT2D eigenvalue weighted by atomic mass is 10.0. The van der Waals surface area contributed by atoms with Gasteiger partial charge >= 0.3 is 0 Å². The van der Waals surface area contributed by atoms with E-state index in [1.807, 2.05) is 0 Å². The standard InChI is InChI=1S/C13H15F2NO3/c1-7(17)13(19)16-6-9(18)5-12(16)10-4-8(14)2-3-11(10)15/h2-4,7,9,12,17-18H,5-6H2,1H3. The number of benzene rings is 1. The molecule has 0 aromatic heterocycles. The fourth-order valence-electron chi connectivity index (χ4n) is 2.36. The van der Waals surface area contributed by atoms with E-state index in [1.165, 1.54) is 11.8 Å². The van der Waals surface area contributed by atoms with Gasteiger partial charge < -0.3 is 15.1 Å². The molecule has 4 nitrogen and oxygen atoms in total. The number of carbonyl (C=O) groups excluding carboxylic acids is 1. The number of rotatable bonds is 2. The average Bonchev–Trinajstić information content (AvgIpc) is 2.73. The molecule has 6 heteroatoms. The lowest BCUT2D eigenvalue weighted by Crippen LogP contribution is -2.38. The Bertz CT molecular complexity index is 493. The van der Waals surface area contributed by atoms with Crippen LogP contribution in [0.2, 0.25) is 0 Å². The maximum Gasteiger partial charge on any atom is 0.251 e. The van der Waals surface area contributed by atoms with Crippen molar-refractivity contribution in [1.82, 2.24) is 4.90 Å². The van der Waals surface area contributed by atoms with Crippen molar-refractivity contribution in [1.29, 1.82) is 0 Å². The van der Waals surface area contributed by atoms with Gasteiger partial charge in [0.05, 0.1) is 12.1 Å². The Kier molecular flexibility index (Phi) is 3.82. The van der Waals surface area contributed by atoms with Crippen LogP contribution in [-0.4, -0.2) is 39.8 Å². The highest BCUT2D eigenvalue weighted by Gasteiger charge is 2.37. The maximum absolute atomic E-state index is 13.7. The first-order valence-electron chi connectivity index (χ1n) is 6.01. The van der Waals surface area contributed by atoms with Crippen LogP contribution in [0.3, 0.4) is 0 Å². The van der Waals surface area contributed by atoms with Crippen molar-refractivity contribution in [2.75, 3.05) is 6.54 Å². The van der Waals surface area contributed by atoms with Gasteiger partial charge in [0.2, 0.25) is 0 Å². The summed E-state index contributed by atoms with van der Waals surface area (Å²) in [5.41, 5.74) is 0.0190. The number of nitrogens with zero attached hydrogens (tertiary/aromatic N) is 1. The van der Waals surface area contributed by atoms with Crippen LogP contribution in [0.4, 0.5) is 8.78 Å². The van der Waals surface area contributed by atoms with E-state index in [1.54, 1.807) is 0 Å². The fraction of sp³-hybridized carbons (Fsp3) is 0.462. The van der Waals surface area contributed by atoms with E-state index >= 15 is 0 Å². The molecule has 19 heavy (non-hydrogen) atoms. The number of aliphatic hydroxyl groups is 2. The van der Waals surface area contributed by atoms with Crippen molar-refractivity contribution < 1.29 is 23.8 Å². The second kappa shape index (κ2) is 5.22. The predicted molar refractivity (Wildman–Crippen MR) is 63.1 cm³/mol. The molecule has 1 saturated heterocycles. The molecule has 1 aliphatic heterocycles. The topological polar surface area (TPSA) is 60.8 Å². The Labute approximate surface area is 109 Å². The number of aliphatic hydroxyl groups excluding tert-OH is 2. The zero-order chi connectivity index (χ0) is 14.2. The maximum atomic E-state index is 13.7. The molecule has 0 bridgehead atoms. The summed E-state index contributed by atoms with van der Waals surface area (Å²) in [6, 6.07) is 2.24. The number of hydrogen-bond donors (Lipinski definition) is 2. The largest absolute Gasteiger partial charge is 0.391 e. The Morgan fingerprint density at radius 2 is 2.16 bits per heavy atom. The molecule has 0 spiro atoms. The minimum Gasteiger partial charge on any atom is -0.391 e. The normalized spacial score (nSPS) is 24.6. The molecule has 3 unspecified atom stereocenters. The molecular formula is C13H15F2NO3. The molecule has 3 atom stereocenters. The van der Waals surface area contributed by atoms with E-state index in [4.69, 9.17) is 0 Å². The summed E-state index contributed by atoms with van der Waals surface area (Å²) in [4.78, 5) is 13.0. The summed E-state index contributed by atoms with van der Waals surface area (Å²) >= 11 is 0. The quantitative estimate of drug-likeness (QED) is 0.843. The molecule has 1 aromatic carbocycles. The first-order chi connectivity index (χ1) is 8.90. The number of amides is 1. The van der Waals surface area contributed by atoms with Crippen molar-refractivity contribution in [3.05, 3.63) is 35.4 Å². The van der Waals surface area contributed by atoms with Gasteiger partial charge in [-0.05, 0) is 31.5 Å². The zero-order valence-corrected chi connectivity index (χ0v) is 10.4. The van der Waals surface area contributed by atoms with Gasteiger partial charge in [0.15, 0.2) is 0 Å². The van der Waals surface area contributed by atoms with E-state index < -0.39 is 35.8 Å². The Hall–Kier alpha value is -1.53. The van der Waals surface area contributed by atoms with Crippen molar-refractivity contribution >= 4 is 5.91 Å². The van der Waals surface area contributed by atoms with E-state index in [2.05, 4.69) is 0 Å². The molecule has 1 aromatic rings. The Balaban J connectivity index is 2.35. The average molecular weight is 271 g/mol. The summed E-state index contributed by atoms with van der Waals surface area (Å²) in [5, 5.41) is 18.9. The molecule has 1 fully saturated rings. The van der Waals surface area contributed by atoms with Crippen LogP contribution in [0.5, 0.6) is 0 Å². The van der Waals surface area contributed by atoms with Crippen LogP contribution < -0.4 is 0 Å². The van der Waals surface area contributed by atoms with Crippen molar-refractivity contribution in [3.63, 3.8) is 0 Å². The van der Waals surface area contributed by atoms with Crippen LogP contribution in [0.1, 0.15) is 24.9 Å². The Morgan fingerprint density at radius 3 is 2.79 bits per heavy atom. The van der Waals surface area contributed by atoms with Crippen molar-refractivity contribution in [2.45, 2.75) is 31.6 Å². The van der Waals surface area contributed by atoms with Crippen LogP contribution in [0, 0.1) is 11.6 Å². The molecule has 104 valence electrons. The number of halogens is 2. The lowest BCUT2D eigenvalue weighted by molar-refractivity contribution is -0.140. The number of β-amino-alcohol motifs (C(OH)–C–C–N with tert-alkyl or cyclic N) is 1. The Morgan fingerprint density at radius 1 is 1.47 bits per heavy atom. The van der Waals surface area contributed by atoms with Gasteiger partial charge in [-0.3, -0.25) is 4.79 Å². The molecule has 0 aliphatic carbocycles.